The summed E-state index contributed by atoms with van der Waals surface area (Å²) in [5.74, 6) is 2.18. The summed E-state index contributed by atoms with van der Waals surface area (Å²) >= 11 is 0. The Morgan fingerprint density at radius 2 is 2.00 bits per heavy atom. The van der Waals surface area contributed by atoms with Gasteiger partial charge in [0.15, 0.2) is 5.82 Å². The Labute approximate surface area is 189 Å². The van der Waals surface area contributed by atoms with Gasteiger partial charge in [-0.2, -0.15) is 5.10 Å². The highest BCUT2D eigenvalue weighted by atomic mass is 16.5. The van der Waals surface area contributed by atoms with Crippen LogP contribution in [0.25, 0.3) is 0 Å². The van der Waals surface area contributed by atoms with Crippen LogP contribution in [-0.2, 0) is 7.05 Å². The number of hydrogen-bond acceptors (Lipinski definition) is 7. The molecule has 8 heteroatoms. The second-order valence-electron chi connectivity index (χ2n) is 8.76. The van der Waals surface area contributed by atoms with E-state index in [0.717, 1.165) is 50.7 Å². The Hall–Kier alpha value is -3.13. The smallest absolute Gasteiger partial charge is 0.151 e. The second-order valence-corrected chi connectivity index (χ2v) is 8.76. The van der Waals surface area contributed by atoms with E-state index in [9.17, 15) is 0 Å². The molecule has 0 amide bonds. The topological polar surface area (TPSA) is 95.8 Å². The summed E-state index contributed by atoms with van der Waals surface area (Å²) in [6.45, 7) is 8.90. The number of aromatic nitrogens is 2. The molecule has 3 heterocycles. The summed E-state index contributed by atoms with van der Waals surface area (Å²) in [6, 6.07) is 7.48. The molecule has 2 aliphatic heterocycles. The standard InChI is InChI=1S/C24H33N7O/c1-17(2)32-19-4-5-21(25)20(14-19)24(26)22-15-23(28-29(22)3)31-12-10-30(11-13-31)16-18-6-8-27-9-7-18/h4-6,8-9,14-15,17-18,26H,7,10-13,16,25H2,1-3H3. The zero-order valence-corrected chi connectivity index (χ0v) is 19.2. The lowest BCUT2D eigenvalue weighted by atomic mass is 10.0. The van der Waals surface area contributed by atoms with Crippen molar-refractivity contribution in [3.05, 3.63) is 47.8 Å². The fourth-order valence-electron chi connectivity index (χ4n) is 4.21. The van der Waals surface area contributed by atoms with Gasteiger partial charge in [0.25, 0.3) is 0 Å². The monoisotopic (exact) mass is 435 g/mol. The number of aliphatic imine (C=N–C) groups is 1. The number of nitrogen functional groups attached to an aromatic ring is 1. The summed E-state index contributed by atoms with van der Waals surface area (Å²) in [5.41, 5.74) is 8.50. The molecule has 1 fully saturated rings. The van der Waals surface area contributed by atoms with Crippen molar-refractivity contribution in [2.24, 2.45) is 18.0 Å². The highest BCUT2D eigenvalue weighted by Crippen LogP contribution is 2.25. The summed E-state index contributed by atoms with van der Waals surface area (Å²) < 4.78 is 7.56. The lowest BCUT2D eigenvalue weighted by Crippen LogP contribution is -2.48. The van der Waals surface area contributed by atoms with Crippen molar-refractivity contribution in [3.63, 3.8) is 0 Å². The molecule has 170 valence electrons. The Kier molecular flexibility index (Phi) is 6.60. The molecule has 2 aliphatic rings. The normalized spacial score (nSPS) is 19.0. The molecule has 1 aromatic heterocycles. The van der Waals surface area contributed by atoms with Crippen LogP contribution in [0.5, 0.6) is 5.75 Å². The van der Waals surface area contributed by atoms with E-state index in [1.54, 1.807) is 10.7 Å². The third kappa shape index (κ3) is 5.02. The number of nitrogens with zero attached hydrogens (tertiary/aromatic N) is 5. The fraction of sp³-hybridized carbons (Fsp3) is 0.458. The van der Waals surface area contributed by atoms with Gasteiger partial charge in [0.05, 0.1) is 17.5 Å². The van der Waals surface area contributed by atoms with Crippen molar-refractivity contribution in [2.75, 3.05) is 43.4 Å². The van der Waals surface area contributed by atoms with Gasteiger partial charge in [-0.3, -0.25) is 20.0 Å². The van der Waals surface area contributed by atoms with E-state index in [2.05, 4.69) is 20.9 Å². The number of ether oxygens (including phenoxy) is 1. The molecule has 1 saturated heterocycles. The highest BCUT2D eigenvalue weighted by molar-refractivity contribution is 6.13. The number of rotatable bonds is 7. The minimum atomic E-state index is 0.0601. The van der Waals surface area contributed by atoms with Crippen molar-refractivity contribution >= 4 is 23.4 Å². The van der Waals surface area contributed by atoms with Gasteiger partial charge >= 0.3 is 0 Å². The van der Waals surface area contributed by atoms with Gasteiger partial charge in [-0.15, -0.1) is 0 Å². The average Bonchev–Trinajstić information content (AvgIpc) is 3.17. The Bertz CT molecular complexity index is 1020. The molecule has 0 saturated carbocycles. The van der Waals surface area contributed by atoms with Crippen molar-refractivity contribution < 1.29 is 4.74 Å². The maximum atomic E-state index is 8.79. The van der Waals surface area contributed by atoms with Crippen LogP contribution < -0.4 is 15.4 Å². The SMILES string of the molecule is CC(C)Oc1ccc(N)c(C(=N)c2cc(N3CCN(CC4C=CN=CC4)CC3)nn2C)c1. The first kappa shape index (κ1) is 22.1. The maximum absolute atomic E-state index is 8.79. The molecule has 32 heavy (non-hydrogen) atoms. The number of benzene rings is 1. The van der Waals surface area contributed by atoms with Gasteiger partial charge in [-0.05, 0) is 44.4 Å². The summed E-state index contributed by atoms with van der Waals surface area (Å²) in [6.07, 6.45) is 7.20. The first-order chi connectivity index (χ1) is 15.4. The molecule has 0 spiro atoms. The van der Waals surface area contributed by atoms with Crippen molar-refractivity contribution in [1.82, 2.24) is 14.7 Å². The van der Waals surface area contributed by atoms with E-state index in [0.29, 0.717) is 28.6 Å². The van der Waals surface area contributed by atoms with Gasteiger partial charge < -0.3 is 15.4 Å². The third-order valence-electron chi connectivity index (χ3n) is 5.94. The molecule has 4 rings (SSSR count). The van der Waals surface area contributed by atoms with Crippen LogP contribution in [0.3, 0.4) is 0 Å². The van der Waals surface area contributed by atoms with E-state index in [4.69, 9.17) is 21.0 Å². The Morgan fingerprint density at radius 3 is 2.69 bits per heavy atom. The van der Waals surface area contributed by atoms with Crippen molar-refractivity contribution in [1.29, 1.82) is 5.41 Å². The van der Waals surface area contributed by atoms with Crippen LogP contribution >= 0.6 is 0 Å². The minimum Gasteiger partial charge on any atom is -0.491 e. The van der Waals surface area contributed by atoms with Gasteiger partial charge in [-0.1, -0.05) is 6.08 Å². The Balaban J connectivity index is 1.43. The molecule has 1 aromatic carbocycles. The molecule has 0 aliphatic carbocycles. The van der Waals surface area contributed by atoms with Crippen LogP contribution in [0.1, 0.15) is 31.5 Å². The van der Waals surface area contributed by atoms with Gasteiger partial charge in [-0.25, -0.2) is 0 Å². The van der Waals surface area contributed by atoms with Crippen molar-refractivity contribution in [2.45, 2.75) is 26.4 Å². The quantitative estimate of drug-likeness (QED) is 0.515. The fourth-order valence-corrected chi connectivity index (χ4v) is 4.21. The lowest BCUT2D eigenvalue weighted by molar-refractivity contribution is 0.235. The summed E-state index contributed by atoms with van der Waals surface area (Å²) in [7, 11) is 1.88. The van der Waals surface area contributed by atoms with Gasteiger partial charge in [0.2, 0.25) is 0 Å². The molecule has 8 nitrogen and oxygen atoms in total. The minimum absolute atomic E-state index is 0.0601. The summed E-state index contributed by atoms with van der Waals surface area (Å²) in [4.78, 5) is 8.98. The third-order valence-corrected chi connectivity index (χ3v) is 5.94. The van der Waals surface area contributed by atoms with E-state index < -0.39 is 0 Å². The van der Waals surface area contributed by atoms with Crippen LogP contribution in [-0.4, -0.2) is 65.4 Å². The first-order valence-electron chi connectivity index (χ1n) is 11.3. The predicted molar refractivity (Wildman–Crippen MR) is 130 cm³/mol. The van der Waals surface area contributed by atoms with E-state index >= 15 is 0 Å². The number of piperazine rings is 1. The number of nitrogens with one attached hydrogen (secondary N) is 1. The Morgan fingerprint density at radius 1 is 1.22 bits per heavy atom. The van der Waals surface area contributed by atoms with Gasteiger partial charge in [0, 0.05) is 69.5 Å². The van der Waals surface area contributed by atoms with Crippen LogP contribution in [0.15, 0.2) is 41.5 Å². The van der Waals surface area contributed by atoms with E-state index in [1.165, 1.54) is 0 Å². The first-order valence-corrected chi connectivity index (χ1v) is 11.3. The number of nitrogens with two attached hydrogens (primary N) is 1. The second kappa shape index (κ2) is 9.56. The van der Waals surface area contributed by atoms with E-state index in [-0.39, 0.29) is 6.10 Å². The molecule has 1 unspecified atom stereocenters. The molecule has 1 atom stereocenters. The summed E-state index contributed by atoms with van der Waals surface area (Å²) in [5, 5.41) is 13.5. The van der Waals surface area contributed by atoms with E-state index in [1.807, 2.05) is 51.5 Å². The largest absolute Gasteiger partial charge is 0.491 e. The van der Waals surface area contributed by atoms with Crippen LogP contribution in [0.4, 0.5) is 11.5 Å². The molecule has 3 N–H and O–H groups in total. The molecule has 0 radical (unpaired) electrons. The van der Waals surface area contributed by atoms with Crippen molar-refractivity contribution in [3.8, 4) is 5.75 Å². The maximum Gasteiger partial charge on any atom is 0.151 e. The number of aryl methyl sites for hydroxylation is 1. The average molecular weight is 436 g/mol. The van der Waals surface area contributed by atoms with Gasteiger partial charge in [0.1, 0.15) is 5.75 Å². The lowest BCUT2D eigenvalue weighted by Gasteiger charge is -2.36. The molecular weight excluding hydrogens is 402 g/mol. The van der Waals surface area contributed by atoms with Crippen LogP contribution in [0.2, 0.25) is 0 Å². The molecule has 0 bridgehead atoms. The zero-order chi connectivity index (χ0) is 22.7. The molecule has 2 aromatic rings. The van der Waals surface area contributed by atoms with Crippen LogP contribution in [0, 0.1) is 11.3 Å². The molecular formula is C24H33N7O. The number of anilines is 2. The predicted octanol–water partition coefficient (Wildman–Crippen LogP) is 2.93. The number of hydrogen-bond donors (Lipinski definition) is 2. The zero-order valence-electron chi connectivity index (χ0n) is 19.2. The highest BCUT2D eigenvalue weighted by Gasteiger charge is 2.23.